The standard InChI is InChI=1S/C19H20FN3O/c20-17-9-2-1-6-15(17)7-5-10-19(24)21-12-11-18-22-14-16-8-3-4-13-23(16)18/h1-4,6,8-9,13-14H,5,7,10-12H2,(H,21,24). The predicted molar refractivity (Wildman–Crippen MR) is 91.2 cm³/mol. The number of amides is 1. The topological polar surface area (TPSA) is 46.4 Å². The molecule has 1 aromatic carbocycles. The fourth-order valence-corrected chi connectivity index (χ4v) is 2.73. The molecule has 0 atom stereocenters. The van der Waals surface area contributed by atoms with Crippen molar-refractivity contribution in [2.45, 2.75) is 25.7 Å². The lowest BCUT2D eigenvalue weighted by molar-refractivity contribution is -0.121. The number of aryl methyl sites for hydroxylation is 1. The minimum Gasteiger partial charge on any atom is -0.356 e. The van der Waals surface area contributed by atoms with Gasteiger partial charge in [0.15, 0.2) is 0 Å². The number of nitrogens with one attached hydrogen (secondary N) is 1. The first kappa shape index (κ1) is 16.2. The zero-order valence-electron chi connectivity index (χ0n) is 13.4. The van der Waals surface area contributed by atoms with Crippen molar-refractivity contribution in [1.82, 2.24) is 14.7 Å². The van der Waals surface area contributed by atoms with Gasteiger partial charge in [-0.25, -0.2) is 9.37 Å². The highest BCUT2D eigenvalue weighted by atomic mass is 19.1. The van der Waals surface area contributed by atoms with E-state index in [1.807, 2.05) is 41.1 Å². The molecular weight excluding hydrogens is 305 g/mol. The number of pyridine rings is 1. The number of carbonyl (C=O) groups excluding carboxylic acids is 1. The number of fused-ring (bicyclic) bond motifs is 1. The van der Waals surface area contributed by atoms with Crippen LogP contribution in [-0.4, -0.2) is 21.8 Å². The van der Waals surface area contributed by atoms with Crippen LogP contribution in [0.3, 0.4) is 0 Å². The second-order valence-electron chi connectivity index (χ2n) is 5.71. The number of hydrogen-bond acceptors (Lipinski definition) is 2. The lowest BCUT2D eigenvalue weighted by Gasteiger charge is -2.06. The Morgan fingerprint density at radius 3 is 2.83 bits per heavy atom. The molecule has 0 saturated heterocycles. The molecule has 0 aliphatic heterocycles. The van der Waals surface area contributed by atoms with Crippen molar-refractivity contribution in [3.05, 3.63) is 72.1 Å². The molecule has 124 valence electrons. The van der Waals surface area contributed by atoms with Gasteiger partial charge < -0.3 is 9.72 Å². The summed E-state index contributed by atoms with van der Waals surface area (Å²) in [6, 6.07) is 12.6. The van der Waals surface area contributed by atoms with Crippen LogP contribution in [0.4, 0.5) is 4.39 Å². The molecule has 2 aromatic heterocycles. The third kappa shape index (κ3) is 3.98. The average Bonchev–Trinajstić information content (AvgIpc) is 3.00. The first-order chi connectivity index (χ1) is 11.7. The molecular formula is C19H20FN3O. The van der Waals surface area contributed by atoms with Gasteiger partial charge in [-0.15, -0.1) is 0 Å². The van der Waals surface area contributed by atoms with E-state index in [1.54, 1.807) is 12.1 Å². The molecule has 3 rings (SSSR count). The smallest absolute Gasteiger partial charge is 0.220 e. The summed E-state index contributed by atoms with van der Waals surface area (Å²) in [4.78, 5) is 16.3. The molecule has 2 heterocycles. The van der Waals surface area contributed by atoms with Gasteiger partial charge in [0, 0.05) is 25.6 Å². The number of imidazole rings is 1. The summed E-state index contributed by atoms with van der Waals surface area (Å²) in [6.45, 7) is 0.548. The van der Waals surface area contributed by atoms with E-state index in [4.69, 9.17) is 0 Å². The maximum atomic E-state index is 13.5. The number of nitrogens with zero attached hydrogens (tertiary/aromatic N) is 2. The zero-order chi connectivity index (χ0) is 16.8. The summed E-state index contributed by atoms with van der Waals surface area (Å²) < 4.78 is 15.5. The highest BCUT2D eigenvalue weighted by Crippen LogP contribution is 2.10. The monoisotopic (exact) mass is 325 g/mol. The summed E-state index contributed by atoms with van der Waals surface area (Å²) >= 11 is 0. The van der Waals surface area contributed by atoms with Gasteiger partial charge in [-0.1, -0.05) is 24.3 Å². The molecule has 0 spiro atoms. The molecule has 1 amide bonds. The minimum absolute atomic E-state index is 0.00722. The van der Waals surface area contributed by atoms with Crippen LogP contribution in [-0.2, 0) is 17.6 Å². The van der Waals surface area contributed by atoms with Gasteiger partial charge in [-0.2, -0.15) is 0 Å². The van der Waals surface area contributed by atoms with Crippen LogP contribution in [0.1, 0.15) is 24.2 Å². The maximum absolute atomic E-state index is 13.5. The maximum Gasteiger partial charge on any atom is 0.220 e. The van der Waals surface area contributed by atoms with Crippen LogP contribution in [0.25, 0.3) is 5.52 Å². The first-order valence-electron chi connectivity index (χ1n) is 8.15. The fourth-order valence-electron chi connectivity index (χ4n) is 2.73. The summed E-state index contributed by atoms with van der Waals surface area (Å²) in [7, 11) is 0. The van der Waals surface area contributed by atoms with Gasteiger partial charge in [0.1, 0.15) is 11.6 Å². The van der Waals surface area contributed by atoms with Gasteiger partial charge in [-0.3, -0.25) is 4.79 Å². The first-order valence-corrected chi connectivity index (χ1v) is 8.15. The Morgan fingerprint density at radius 1 is 1.12 bits per heavy atom. The van der Waals surface area contributed by atoms with Gasteiger partial charge in [0.25, 0.3) is 0 Å². The Hall–Kier alpha value is -2.69. The van der Waals surface area contributed by atoms with Crippen LogP contribution < -0.4 is 5.32 Å². The third-order valence-electron chi connectivity index (χ3n) is 3.99. The van der Waals surface area contributed by atoms with Gasteiger partial charge in [-0.05, 0) is 36.6 Å². The van der Waals surface area contributed by atoms with E-state index in [2.05, 4.69) is 10.3 Å². The molecule has 3 aromatic rings. The largest absolute Gasteiger partial charge is 0.356 e. The quantitative estimate of drug-likeness (QED) is 0.725. The SMILES string of the molecule is O=C(CCCc1ccccc1F)NCCc1ncc2ccccn12. The number of aromatic nitrogens is 2. The van der Waals surface area contributed by atoms with E-state index >= 15 is 0 Å². The van der Waals surface area contributed by atoms with Crippen LogP contribution in [0, 0.1) is 5.82 Å². The molecule has 0 fully saturated rings. The van der Waals surface area contributed by atoms with Crippen molar-refractivity contribution < 1.29 is 9.18 Å². The number of benzene rings is 1. The molecule has 0 bridgehead atoms. The Labute approximate surface area is 140 Å². The molecule has 5 heteroatoms. The predicted octanol–water partition coefficient (Wildman–Crippen LogP) is 3.16. The third-order valence-corrected chi connectivity index (χ3v) is 3.99. The van der Waals surface area contributed by atoms with Crippen molar-refractivity contribution in [2.24, 2.45) is 0 Å². The second kappa shape index (κ2) is 7.73. The number of rotatable bonds is 7. The van der Waals surface area contributed by atoms with Crippen LogP contribution >= 0.6 is 0 Å². The number of hydrogen-bond donors (Lipinski definition) is 1. The van der Waals surface area contributed by atoms with Gasteiger partial charge >= 0.3 is 0 Å². The van der Waals surface area contributed by atoms with Crippen molar-refractivity contribution in [3.63, 3.8) is 0 Å². The average molecular weight is 325 g/mol. The molecule has 1 N–H and O–H groups in total. The number of carbonyl (C=O) groups is 1. The van der Waals surface area contributed by atoms with Gasteiger partial charge in [0.05, 0.1) is 11.7 Å². The van der Waals surface area contributed by atoms with E-state index < -0.39 is 0 Å². The summed E-state index contributed by atoms with van der Waals surface area (Å²) in [5.41, 5.74) is 1.71. The van der Waals surface area contributed by atoms with Crippen LogP contribution in [0.5, 0.6) is 0 Å². The van der Waals surface area contributed by atoms with Crippen molar-refractivity contribution in [2.75, 3.05) is 6.54 Å². The Balaban J connectivity index is 1.41. The minimum atomic E-state index is -0.205. The van der Waals surface area contributed by atoms with Crippen molar-refractivity contribution >= 4 is 11.4 Å². The van der Waals surface area contributed by atoms with E-state index in [9.17, 15) is 9.18 Å². The zero-order valence-corrected chi connectivity index (χ0v) is 13.4. The highest BCUT2D eigenvalue weighted by molar-refractivity contribution is 5.75. The van der Waals surface area contributed by atoms with E-state index in [-0.39, 0.29) is 11.7 Å². The lowest BCUT2D eigenvalue weighted by atomic mass is 10.1. The van der Waals surface area contributed by atoms with E-state index in [0.29, 0.717) is 37.8 Å². The van der Waals surface area contributed by atoms with Crippen LogP contribution in [0.15, 0.2) is 54.9 Å². The lowest BCUT2D eigenvalue weighted by Crippen LogP contribution is -2.26. The molecule has 0 aliphatic carbocycles. The molecule has 24 heavy (non-hydrogen) atoms. The second-order valence-corrected chi connectivity index (χ2v) is 5.71. The van der Waals surface area contributed by atoms with Crippen LogP contribution in [0.2, 0.25) is 0 Å². The molecule has 0 aliphatic rings. The molecule has 0 radical (unpaired) electrons. The van der Waals surface area contributed by atoms with E-state index in [1.165, 1.54) is 6.07 Å². The van der Waals surface area contributed by atoms with Crippen molar-refractivity contribution in [1.29, 1.82) is 0 Å². The summed E-state index contributed by atoms with van der Waals surface area (Å²) in [5, 5.41) is 2.90. The Bertz CT molecular complexity index is 828. The Morgan fingerprint density at radius 2 is 1.96 bits per heavy atom. The summed E-state index contributed by atoms with van der Waals surface area (Å²) in [5.74, 6) is 0.716. The molecule has 0 unspecified atom stereocenters. The summed E-state index contributed by atoms with van der Waals surface area (Å²) in [6.07, 6.45) is 6.08. The van der Waals surface area contributed by atoms with Crippen molar-refractivity contribution in [3.8, 4) is 0 Å². The molecule has 0 saturated carbocycles. The normalized spacial score (nSPS) is 10.9. The Kier molecular flexibility index (Phi) is 5.21. The highest BCUT2D eigenvalue weighted by Gasteiger charge is 2.06. The fraction of sp³-hybridized carbons (Fsp3) is 0.263. The van der Waals surface area contributed by atoms with E-state index in [0.717, 1.165) is 11.3 Å². The van der Waals surface area contributed by atoms with Gasteiger partial charge in [0.2, 0.25) is 5.91 Å². The number of halogens is 1. The molecule has 4 nitrogen and oxygen atoms in total.